The van der Waals surface area contributed by atoms with Crippen LogP contribution in [0.25, 0.3) is 0 Å². The van der Waals surface area contributed by atoms with Crippen LogP contribution in [-0.4, -0.2) is 52.2 Å². The number of hydrogen-bond acceptors (Lipinski definition) is 5. The lowest BCUT2D eigenvalue weighted by Gasteiger charge is -2.33. The molecule has 0 amide bonds. The molecule has 3 N–H and O–H groups in total. The molecule has 126 valence electrons. The van der Waals surface area contributed by atoms with E-state index in [2.05, 4.69) is 9.05 Å². The van der Waals surface area contributed by atoms with E-state index in [0.717, 1.165) is 0 Å². The maximum absolute atomic E-state index is 13.8. The van der Waals surface area contributed by atoms with Crippen molar-refractivity contribution in [3.05, 3.63) is 0 Å². The van der Waals surface area contributed by atoms with Crippen LogP contribution in [0.4, 0.5) is 22.0 Å². The van der Waals surface area contributed by atoms with Gasteiger partial charge in [0.1, 0.15) is 24.9 Å². The molecule has 0 aromatic carbocycles. The van der Waals surface area contributed by atoms with Gasteiger partial charge in [0, 0.05) is 4.57 Å². The number of rotatable bonds is 10. The van der Waals surface area contributed by atoms with Gasteiger partial charge in [-0.15, -0.1) is 4.89 Å². The maximum Gasteiger partial charge on any atom is 0.700 e. The molecule has 0 aliphatic rings. The highest BCUT2D eigenvalue weighted by Gasteiger charge is 2.57. The summed E-state index contributed by atoms with van der Waals surface area (Å²) in [4.78, 5) is 17.1. The average Bonchev–Trinajstić information content (AvgIpc) is 2.35. The van der Waals surface area contributed by atoms with E-state index in [1.165, 1.54) is 0 Å². The topological polar surface area (TPSA) is 96.2 Å². The fraction of sp³-hybridized carbons (Fsp3) is 1.00. The van der Waals surface area contributed by atoms with Crippen LogP contribution in [0, 0.1) is 5.92 Å². The Balaban J connectivity index is 5.45. The van der Waals surface area contributed by atoms with Crippen LogP contribution in [-0.2, 0) is 13.6 Å². The first-order chi connectivity index (χ1) is 9.60. The molecule has 0 aliphatic heterocycles. The fourth-order valence-corrected chi connectivity index (χ4v) is 2.31. The van der Waals surface area contributed by atoms with E-state index in [1.807, 2.05) is 0 Å². The normalized spacial score (nSPS) is 23.4. The van der Waals surface area contributed by atoms with Gasteiger partial charge in [0.15, 0.2) is 21.4 Å². The van der Waals surface area contributed by atoms with E-state index in [4.69, 9.17) is 9.79 Å². The summed E-state index contributed by atoms with van der Waals surface area (Å²) in [5, 5.41) is 9.68. The SMILES string of the molecule is CC(F)C(C(F)C(F)C(F)CF)C(O)(OPO)O[P+](=O)O. The Bertz CT molecular complexity index is 340. The van der Waals surface area contributed by atoms with Crippen LogP contribution >= 0.6 is 17.3 Å². The zero-order chi connectivity index (χ0) is 16.8. The second kappa shape index (κ2) is 9.19. The highest BCUT2D eigenvalue weighted by atomic mass is 31.1. The fourth-order valence-electron chi connectivity index (χ4n) is 1.55. The summed E-state index contributed by atoms with van der Waals surface area (Å²) in [5.41, 5.74) is 0. The van der Waals surface area contributed by atoms with E-state index < -0.39 is 60.5 Å². The quantitative estimate of drug-likeness (QED) is 0.311. The van der Waals surface area contributed by atoms with Crippen molar-refractivity contribution in [3.63, 3.8) is 0 Å². The minimum atomic E-state index is -3.68. The van der Waals surface area contributed by atoms with E-state index in [0.29, 0.717) is 6.92 Å². The van der Waals surface area contributed by atoms with Gasteiger partial charge in [0.25, 0.3) is 0 Å². The molecule has 21 heavy (non-hydrogen) atoms. The minimum absolute atomic E-state index is 0.593. The van der Waals surface area contributed by atoms with Gasteiger partial charge >= 0.3 is 14.2 Å². The summed E-state index contributed by atoms with van der Waals surface area (Å²) in [6.45, 7) is -1.32. The number of hydrogen-bond donors (Lipinski definition) is 3. The van der Waals surface area contributed by atoms with Gasteiger partial charge in [-0.3, -0.25) is 4.52 Å². The predicted molar refractivity (Wildman–Crippen MR) is 62.2 cm³/mol. The van der Waals surface area contributed by atoms with Crippen LogP contribution in [0.1, 0.15) is 6.92 Å². The smallest absolute Gasteiger partial charge is 0.352 e. The van der Waals surface area contributed by atoms with E-state index in [-0.39, 0.29) is 0 Å². The number of alkyl halides is 5. The molecule has 0 saturated carbocycles. The first-order valence-electron chi connectivity index (χ1n) is 5.37. The summed E-state index contributed by atoms with van der Waals surface area (Å²) in [6, 6.07) is 0. The van der Waals surface area contributed by atoms with Crippen molar-refractivity contribution in [1.82, 2.24) is 0 Å². The first kappa shape index (κ1) is 21.0. The van der Waals surface area contributed by atoms with Crippen LogP contribution in [0.3, 0.4) is 0 Å². The summed E-state index contributed by atoms with van der Waals surface area (Å²) in [6.07, 6.45) is -11.8. The molecule has 6 nitrogen and oxygen atoms in total. The summed E-state index contributed by atoms with van der Waals surface area (Å²) in [7, 11) is -5.34. The van der Waals surface area contributed by atoms with Crippen molar-refractivity contribution in [2.75, 3.05) is 6.67 Å². The minimum Gasteiger partial charge on any atom is -0.352 e. The molecule has 0 rings (SSSR count). The van der Waals surface area contributed by atoms with Gasteiger partial charge in [-0.05, 0) is 6.92 Å². The summed E-state index contributed by atoms with van der Waals surface area (Å²) < 4.78 is 83.8. The summed E-state index contributed by atoms with van der Waals surface area (Å²) >= 11 is 0. The van der Waals surface area contributed by atoms with Gasteiger partial charge in [-0.1, -0.05) is 4.52 Å². The van der Waals surface area contributed by atoms with Gasteiger partial charge in [-0.2, -0.15) is 0 Å². The number of aliphatic hydroxyl groups is 1. The van der Waals surface area contributed by atoms with Crippen molar-refractivity contribution < 1.29 is 50.5 Å². The Morgan fingerprint density at radius 1 is 1.29 bits per heavy atom. The lowest BCUT2D eigenvalue weighted by Crippen LogP contribution is -2.52. The molecule has 13 heteroatoms. The second-order valence-corrected chi connectivity index (χ2v) is 4.96. The Morgan fingerprint density at radius 3 is 2.14 bits per heavy atom. The van der Waals surface area contributed by atoms with Crippen LogP contribution in [0.2, 0.25) is 0 Å². The van der Waals surface area contributed by atoms with Gasteiger partial charge < -0.3 is 10.00 Å². The Kier molecular flexibility index (Phi) is 9.18. The molecule has 0 saturated heterocycles. The Labute approximate surface area is 119 Å². The predicted octanol–water partition coefficient (Wildman–Crippen LogP) is 1.77. The molecule has 8 atom stereocenters. The third-order valence-electron chi connectivity index (χ3n) is 2.46. The lowest BCUT2D eigenvalue weighted by molar-refractivity contribution is -0.324. The zero-order valence-electron chi connectivity index (χ0n) is 10.5. The Hall–Kier alpha value is -0.0200. The third kappa shape index (κ3) is 5.94. The number of halogens is 5. The zero-order valence-corrected chi connectivity index (χ0v) is 12.4. The second-order valence-electron chi connectivity index (χ2n) is 3.92. The van der Waals surface area contributed by atoms with E-state index >= 15 is 0 Å². The van der Waals surface area contributed by atoms with Gasteiger partial charge in [0.05, 0.1) is 0 Å². The molecule has 8 unspecified atom stereocenters. The molecule has 0 spiro atoms. The molecule has 0 heterocycles. The van der Waals surface area contributed by atoms with Crippen molar-refractivity contribution in [1.29, 1.82) is 0 Å². The third-order valence-corrected chi connectivity index (χ3v) is 3.26. The largest absolute Gasteiger partial charge is 0.700 e. The maximum atomic E-state index is 13.8. The molecule has 0 bridgehead atoms. The van der Waals surface area contributed by atoms with Crippen LogP contribution in [0.5, 0.6) is 0 Å². The van der Waals surface area contributed by atoms with Crippen molar-refractivity contribution in [3.8, 4) is 0 Å². The molecular weight excluding hydrogens is 349 g/mol. The van der Waals surface area contributed by atoms with Crippen molar-refractivity contribution in [2.24, 2.45) is 5.92 Å². The van der Waals surface area contributed by atoms with Gasteiger partial charge in [0.2, 0.25) is 0 Å². The molecule has 0 fully saturated rings. The standard InChI is InChI=1S/C8H13F5O6P2/c1-3(10)5(7(13)6(12)4(11)2-9)8(14,18-20-15)19-21(16)17/h3-7,14-15,20H,2H2,1H3/p+1. The van der Waals surface area contributed by atoms with Crippen LogP contribution in [0.15, 0.2) is 0 Å². The summed E-state index contributed by atoms with van der Waals surface area (Å²) in [5.74, 6) is -6.22. The molecule has 0 aromatic rings. The van der Waals surface area contributed by atoms with E-state index in [1.54, 1.807) is 0 Å². The Morgan fingerprint density at radius 2 is 1.81 bits per heavy atom. The first-order valence-corrected chi connectivity index (χ1v) is 7.36. The monoisotopic (exact) mass is 363 g/mol. The molecule has 0 aromatic heterocycles. The highest BCUT2D eigenvalue weighted by Crippen LogP contribution is 2.41. The van der Waals surface area contributed by atoms with Crippen molar-refractivity contribution in [2.45, 2.75) is 37.6 Å². The van der Waals surface area contributed by atoms with E-state index in [9.17, 15) is 31.6 Å². The molecule has 0 aliphatic carbocycles. The lowest BCUT2D eigenvalue weighted by atomic mass is 9.91. The molecular formula is C8H14F5O6P2+. The van der Waals surface area contributed by atoms with Gasteiger partial charge in [-0.25, -0.2) is 22.0 Å². The van der Waals surface area contributed by atoms with Crippen LogP contribution < -0.4 is 0 Å². The average molecular weight is 363 g/mol. The highest BCUT2D eigenvalue weighted by molar-refractivity contribution is 7.32. The van der Waals surface area contributed by atoms with Crippen molar-refractivity contribution >= 4 is 17.3 Å². The molecule has 0 radical (unpaired) electrons.